The number of ether oxygens (including phenoxy) is 2. The standard InChI is InChI=1S/C26H33NO10/c28-18(12-1-2-12)24(33)17(11-36-22(32)16-9-10-16)37-26(35,20(30)14-5-6-14)23(27-21(31)15-7-8-15)25(24,34)19(29)13-3-4-13/h12-17,23,33-35H,1-11H2,(H,27,31)/t17-,23+,24+,25-,26?/m1/s1. The van der Waals surface area contributed by atoms with Crippen molar-refractivity contribution in [2.75, 3.05) is 6.61 Å². The minimum absolute atomic E-state index is 0.333. The van der Waals surface area contributed by atoms with Crippen molar-refractivity contribution in [2.45, 2.75) is 93.3 Å². The van der Waals surface area contributed by atoms with E-state index < -0.39 is 88.6 Å². The molecule has 1 amide bonds. The molecule has 5 atom stereocenters. The summed E-state index contributed by atoms with van der Waals surface area (Å²) >= 11 is 0. The molecule has 1 heterocycles. The number of ketones is 3. The molecule has 202 valence electrons. The van der Waals surface area contributed by atoms with E-state index in [-0.39, 0.29) is 5.92 Å². The molecule has 4 N–H and O–H groups in total. The normalized spacial score (nSPS) is 39.5. The predicted octanol–water partition coefficient (Wildman–Crippen LogP) is -0.679. The lowest BCUT2D eigenvalue weighted by atomic mass is 9.62. The maximum absolute atomic E-state index is 13.8. The second kappa shape index (κ2) is 8.39. The number of amides is 1. The van der Waals surface area contributed by atoms with Gasteiger partial charge in [0.15, 0.2) is 28.6 Å². The molecule has 6 rings (SSSR count). The van der Waals surface area contributed by atoms with Crippen molar-refractivity contribution in [1.82, 2.24) is 5.32 Å². The van der Waals surface area contributed by atoms with Crippen molar-refractivity contribution in [1.29, 1.82) is 0 Å². The maximum Gasteiger partial charge on any atom is 0.309 e. The van der Waals surface area contributed by atoms with E-state index in [2.05, 4.69) is 5.32 Å². The first-order valence-corrected chi connectivity index (χ1v) is 13.5. The van der Waals surface area contributed by atoms with Gasteiger partial charge in [0.1, 0.15) is 18.8 Å². The van der Waals surface area contributed by atoms with Crippen LogP contribution in [0, 0.1) is 29.6 Å². The van der Waals surface area contributed by atoms with E-state index in [0.29, 0.717) is 64.2 Å². The molecule has 11 nitrogen and oxygen atoms in total. The van der Waals surface area contributed by atoms with E-state index in [4.69, 9.17) is 9.47 Å². The van der Waals surface area contributed by atoms with Crippen LogP contribution in [0.3, 0.4) is 0 Å². The van der Waals surface area contributed by atoms with Gasteiger partial charge in [-0.3, -0.25) is 24.0 Å². The predicted molar refractivity (Wildman–Crippen MR) is 121 cm³/mol. The zero-order valence-corrected chi connectivity index (χ0v) is 20.5. The number of aliphatic hydroxyl groups is 3. The monoisotopic (exact) mass is 519 g/mol. The summed E-state index contributed by atoms with van der Waals surface area (Å²) in [5, 5.41) is 38.7. The van der Waals surface area contributed by atoms with Gasteiger partial charge in [0.2, 0.25) is 5.91 Å². The summed E-state index contributed by atoms with van der Waals surface area (Å²) in [5.74, 6) is -9.61. The average molecular weight is 520 g/mol. The van der Waals surface area contributed by atoms with Crippen LogP contribution in [-0.4, -0.2) is 80.3 Å². The van der Waals surface area contributed by atoms with Crippen molar-refractivity contribution in [3.63, 3.8) is 0 Å². The van der Waals surface area contributed by atoms with Crippen LogP contribution in [0.2, 0.25) is 0 Å². The topological polar surface area (TPSA) is 177 Å². The third kappa shape index (κ3) is 4.05. The summed E-state index contributed by atoms with van der Waals surface area (Å²) in [6, 6.07) is -2.11. The Hall–Kier alpha value is -2.21. The lowest BCUT2D eigenvalue weighted by molar-refractivity contribution is -0.341. The van der Waals surface area contributed by atoms with Gasteiger partial charge >= 0.3 is 5.97 Å². The fourth-order valence-electron chi connectivity index (χ4n) is 5.50. The molecule has 6 aliphatic rings. The zero-order chi connectivity index (χ0) is 26.3. The molecular formula is C26H33NO10. The molecule has 0 radical (unpaired) electrons. The second-order valence-electron chi connectivity index (χ2n) is 11.9. The Morgan fingerprint density at radius 1 is 0.676 bits per heavy atom. The number of nitrogens with one attached hydrogen (secondary N) is 1. The number of carbonyl (C=O) groups excluding carboxylic acids is 5. The van der Waals surface area contributed by atoms with Crippen LogP contribution >= 0.6 is 0 Å². The molecule has 0 spiro atoms. The van der Waals surface area contributed by atoms with Crippen LogP contribution in [0.5, 0.6) is 0 Å². The third-order valence-corrected chi connectivity index (χ3v) is 8.65. The Morgan fingerprint density at radius 2 is 1.14 bits per heavy atom. The number of esters is 1. The molecule has 5 aliphatic carbocycles. The second-order valence-corrected chi connectivity index (χ2v) is 11.9. The molecule has 1 unspecified atom stereocenters. The summed E-state index contributed by atoms with van der Waals surface area (Å²) in [7, 11) is 0. The highest BCUT2D eigenvalue weighted by molar-refractivity contribution is 6.06. The molecule has 1 aliphatic heterocycles. The van der Waals surface area contributed by atoms with Crippen molar-refractivity contribution < 1.29 is 48.8 Å². The summed E-state index contributed by atoms with van der Waals surface area (Å²) in [4.78, 5) is 66.2. The van der Waals surface area contributed by atoms with Crippen molar-refractivity contribution in [3.8, 4) is 0 Å². The lowest BCUT2D eigenvalue weighted by Gasteiger charge is -2.57. The minimum Gasteiger partial charge on any atom is -0.463 e. The molecule has 0 aromatic carbocycles. The van der Waals surface area contributed by atoms with Gasteiger partial charge in [0.05, 0.1) is 5.92 Å². The fraction of sp³-hybridized carbons (Fsp3) is 0.808. The lowest BCUT2D eigenvalue weighted by Crippen LogP contribution is -2.87. The number of hydrogen-bond donors (Lipinski definition) is 4. The van der Waals surface area contributed by atoms with Crippen LogP contribution in [0.4, 0.5) is 0 Å². The van der Waals surface area contributed by atoms with Gasteiger partial charge in [-0.1, -0.05) is 0 Å². The minimum atomic E-state index is -3.08. The quantitative estimate of drug-likeness (QED) is 0.256. The Balaban J connectivity index is 1.46. The molecule has 0 bridgehead atoms. The van der Waals surface area contributed by atoms with E-state index in [1.54, 1.807) is 0 Å². The van der Waals surface area contributed by atoms with E-state index in [9.17, 15) is 39.3 Å². The van der Waals surface area contributed by atoms with E-state index in [1.165, 1.54) is 0 Å². The first kappa shape index (κ1) is 25.1. The molecule has 1 saturated heterocycles. The molecule has 5 saturated carbocycles. The fourth-order valence-corrected chi connectivity index (χ4v) is 5.50. The number of hydrogen-bond acceptors (Lipinski definition) is 10. The Morgan fingerprint density at radius 3 is 1.62 bits per heavy atom. The van der Waals surface area contributed by atoms with Gasteiger partial charge in [-0.05, 0) is 64.2 Å². The van der Waals surface area contributed by atoms with Gasteiger partial charge in [-0.2, -0.15) is 0 Å². The van der Waals surface area contributed by atoms with Crippen LogP contribution in [0.1, 0.15) is 64.2 Å². The van der Waals surface area contributed by atoms with Gasteiger partial charge in [0, 0.05) is 23.7 Å². The summed E-state index contributed by atoms with van der Waals surface area (Å²) in [6.07, 6.45) is 2.91. The maximum atomic E-state index is 13.8. The molecule has 6 fully saturated rings. The van der Waals surface area contributed by atoms with Crippen molar-refractivity contribution >= 4 is 29.2 Å². The van der Waals surface area contributed by atoms with Gasteiger partial charge in [0.25, 0.3) is 5.79 Å². The van der Waals surface area contributed by atoms with E-state index in [1.807, 2.05) is 0 Å². The summed E-state index contributed by atoms with van der Waals surface area (Å²) < 4.78 is 11.1. The number of carbonyl (C=O) groups is 5. The van der Waals surface area contributed by atoms with E-state index in [0.717, 1.165) is 0 Å². The van der Waals surface area contributed by atoms with Gasteiger partial charge < -0.3 is 30.1 Å². The summed E-state index contributed by atoms with van der Waals surface area (Å²) in [5.41, 5.74) is -6.04. The first-order valence-electron chi connectivity index (χ1n) is 13.5. The number of rotatable bonds is 11. The molecular weight excluding hydrogens is 486 g/mol. The van der Waals surface area contributed by atoms with Crippen LogP contribution in [-0.2, 0) is 33.4 Å². The van der Waals surface area contributed by atoms with Gasteiger partial charge in [-0.25, -0.2) is 0 Å². The highest BCUT2D eigenvalue weighted by Crippen LogP contribution is 2.52. The largest absolute Gasteiger partial charge is 0.463 e. The molecule has 11 heteroatoms. The van der Waals surface area contributed by atoms with Gasteiger partial charge in [-0.15, -0.1) is 0 Å². The number of Topliss-reactive ketones (excluding diaryl/α,β-unsaturated/α-hetero) is 3. The first-order chi connectivity index (χ1) is 17.5. The van der Waals surface area contributed by atoms with E-state index >= 15 is 0 Å². The van der Waals surface area contributed by atoms with Crippen LogP contribution < -0.4 is 5.32 Å². The highest BCUT2D eigenvalue weighted by Gasteiger charge is 2.79. The Kier molecular flexibility index (Phi) is 5.69. The SMILES string of the molecule is O=C(N[C@@H]1C(O)(C(=O)C2CC2)O[C@H](COC(=O)C2CC2)[C@](O)(C(=O)C2CC2)[C@@]1(O)C(=O)C1CC1)C1CC1. The average Bonchev–Trinajstić information content (AvgIpc) is 3.73. The smallest absolute Gasteiger partial charge is 0.309 e. The van der Waals surface area contributed by atoms with Crippen molar-refractivity contribution in [2.24, 2.45) is 29.6 Å². The Labute approximate surface area is 213 Å². The van der Waals surface area contributed by atoms with Crippen LogP contribution in [0.25, 0.3) is 0 Å². The van der Waals surface area contributed by atoms with Crippen LogP contribution in [0.15, 0.2) is 0 Å². The van der Waals surface area contributed by atoms with Crippen molar-refractivity contribution in [3.05, 3.63) is 0 Å². The molecule has 37 heavy (non-hydrogen) atoms. The summed E-state index contributed by atoms with van der Waals surface area (Å²) in [6.45, 7) is -0.756. The zero-order valence-electron chi connectivity index (χ0n) is 20.5. The molecule has 0 aromatic rings. The highest BCUT2D eigenvalue weighted by atomic mass is 16.7. The molecule has 0 aromatic heterocycles. The Bertz CT molecular complexity index is 1060. The third-order valence-electron chi connectivity index (χ3n) is 8.65.